The zero-order chi connectivity index (χ0) is 17.8. The van der Waals surface area contributed by atoms with Crippen LogP contribution in [-0.2, 0) is 0 Å². The van der Waals surface area contributed by atoms with Gasteiger partial charge in [0.25, 0.3) is 0 Å². The summed E-state index contributed by atoms with van der Waals surface area (Å²) in [6.07, 6.45) is 0.296. The molecule has 0 amide bonds. The molecule has 0 aromatic heterocycles. The van der Waals surface area contributed by atoms with Crippen molar-refractivity contribution in [3.05, 3.63) is 126 Å². The van der Waals surface area contributed by atoms with Crippen LogP contribution in [0.1, 0.15) is 11.1 Å². The maximum Gasteiger partial charge on any atom is 0.152 e. The molecule has 0 aliphatic heterocycles. The van der Waals surface area contributed by atoms with Gasteiger partial charge in [0.15, 0.2) is 6.10 Å². The molecule has 4 aromatic carbocycles. The summed E-state index contributed by atoms with van der Waals surface area (Å²) in [7, 11) is 0. The molecule has 0 unspecified atom stereocenters. The van der Waals surface area contributed by atoms with Crippen molar-refractivity contribution in [2.45, 2.75) is 0 Å². The third kappa shape index (κ3) is 3.44. The fourth-order valence-corrected chi connectivity index (χ4v) is 3.07. The Morgan fingerprint density at radius 2 is 0.692 bits per heavy atom. The van der Waals surface area contributed by atoms with E-state index in [0.717, 1.165) is 22.3 Å². The summed E-state index contributed by atoms with van der Waals surface area (Å²) in [5.41, 5.74) is 6.26. The van der Waals surface area contributed by atoms with Gasteiger partial charge in [-0.05, 0) is 33.4 Å². The molecule has 0 atom stereocenters. The van der Waals surface area contributed by atoms with Crippen molar-refractivity contribution < 1.29 is 5.11 Å². The van der Waals surface area contributed by atoms with Crippen molar-refractivity contribution in [3.63, 3.8) is 0 Å². The van der Waals surface area contributed by atoms with E-state index in [1.807, 2.05) is 84.9 Å². The molecular weight excluding hydrogens is 316 g/mol. The largest absolute Gasteiger partial charge is 0.377 e. The highest BCUT2D eigenvalue weighted by Crippen LogP contribution is 2.27. The van der Waals surface area contributed by atoms with Gasteiger partial charge >= 0.3 is 0 Å². The van der Waals surface area contributed by atoms with E-state index in [-0.39, 0.29) is 0 Å². The molecule has 0 spiro atoms. The predicted octanol–water partition coefficient (Wildman–Crippen LogP) is 6.32. The minimum absolute atomic E-state index is 0.296. The van der Waals surface area contributed by atoms with E-state index < -0.39 is 0 Å². The van der Waals surface area contributed by atoms with Crippen LogP contribution in [0.15, 0.2) is 109 Å². The molecule has 4 aromatic rings. The first-order valence-electron chi connectivity index (χ1n) is 8.69. The van der Waals surface area contributed by atoms with Gasteiger partial charge in [-0.15, -0.1) is 0 Å². The second kappa shape index (κ2) is 7.38. The van der Waals surface area contributed by atoms with Crippen LogP contribution in [0.5, 0.6) is 0 Å². The van der Waals surface area contributed by atoms with Gasteiger partial charge in [-0.3, -0.25) is 0 Å². The normalized spacial score (nSPS) is 10.8. The third-order valence-corrected chi connectivity index (χ3v) is 4.53. The van der Waals surface area contributed by atoms with Crippen molar-refractivity contribution in [1.29, 1.82) is 0 Å². The summed E-state index contributed by atoms with van der Waals surface area (Å²) in [6.45, 7) is 0. The fourth-order valence-electron chi connectivity index (χ4n) is 3.07. The standard InChI is InChI=1S/C25H19O/c26-25(23-15-11-21(12-16-23)19-7-3-1-4-8-19)24-17-13-22(14-18-24)20-9-5-2-6-10-20/h1-18,26H. The first kappa shape index (κ1) is 16.3. The number of aliphatic hydroxyl groups is 1. The van der Waals surface area contributed by atoms with E-state index in [1.165, 1.54) is 11.1 Å². The average Bonchev–Trinajstić information content (AvgIpc) is 2.75. The van der Waals surface area contributed by atoms with Gasteiger partial charge in [0.1, 0.15) is 0 Å². The first-order chi connectivity index (χ1) is 12.8. The predicted molar refractivity (Wildman–Crippen MR) is 107 cm³/mol. The van der Waals surface area contributed by atoms with E-state index in [4.69, 9.17) is 0 Å². The zero-order valence-electron chi connectivity index (χ0n) is 14.3. The Hall–Kier alpha value is -3.16. The molecule has 1 heteroatoms. The van der Waals surface area contributed by atoms with Crippen LogP contribution < -0.4 is 0 Å². The molecule has 0 aliphatic carbocycles. The molecule has 0 aliphatic rings. The highest BCUT2D eigenvalue weighted by molar-refractivity contribution is 5.66. The Morgan fingerprint density at radius 1 is 0.385 bits per heavy atom. The van der Waals surface area contributed by atoms with Crippen molar-refractivity contribution in [2.24, 2.45) is 0 Å². The summed E-state index contributed by atoms with van der Waals surface area (Å²) in [5.74, 6) is 0. The number of benzene rings is 4. The van der Waals surface area contributed by atoms with Crippen LogP contribution in [-0.4, -0.2) is 5.11 Å². The minimum atomic E-state index is 0.296. The van der Waals surface area contributed by atoms with Crippen molar-refractivity contribution in [1.82, 2.24) is 0 Å². The average molecular weight is 335 g/mol. The van der Waals surface area contributed by atoms with Gasteiger partial charge in [-0.25, -0.2) is 0 Å². The highest BCUT2D eigenvalue weighted by Gasteiger charge is 2.12. The van der Waals surface area contributed by atoms with Crippen LogP contribution in [0, 0.1) is 6.10 Å². The van der Waals surface area contributed by atoms with Gasteiger partial charge in [-0.2, -0.15) is 0 Å². The molecule has 0 heterocycles. The maximum atomic E-state index is 10.6. The molecular formula is C25H19O. The second-order valence-corrected chi connectivity index (χ2v) is 6.24. The SMILES string of the molecule is O[C](c1ccc(-c2ccccc2)cc1)c1ccc(-c2ccccc2)cc1. The quantitative estimate of drug-likeness (QED) is 0.462. The maximum absolute atomic E-state index is 10.6. The van der Waals surface area contributed by atoms with Gasteiger partial charge in [0.05, 0.1) is 0 Å². The van der Waals surface area contributed by atoms with E-state index >= 15 is 0 Å². The molecule has 1 nitrogen and oxygen atoms in total. The summed E-state index contributed by atoms with van der Waals surface area (Å²) in [6, 6.07) is 36.5. The summed E-state index contributed by atoms with van der Waals surface area (Å²) >= 11 is 0. The van der Waals surface area contributed by atoms with E-state index in [1.54, 1.807) is 0 Å². The van der Waals surface area contributed by atoms with Gasteiger partial charge in [0.2, 0.25) is 0 Å². The number of hydrogen-bond donors (Lipinski definition) is 1. The molecule has 0 fully saturated rings. The molecule has 0 saturated heterocycles. The number of aliphatic hydroxyl groups excluding tert-OH is 1. The Labute approximate surface area is 154 Å². The van der Waals surface area contributed by atoms with Crippen molar-refractivity contribution in [2.75, 3.05) is 0 Å². The van der Waals surface area contributed by atoms with Crippen LogP contribution in [0.4, 0.5) is 0 Å². The summed E-state index contributed by atoms with van der Waals surface area (Å²) in [4.78, 5) is 0. The Balaban J connectivity index is 1.55. The van der Waals surface area contributed by atoms with Gasteiger partial charge < -0.3 is 5.11 Å². The molecule has 26 heavy (non-hydrogen) atoms. The third-order valence-electron chi connectivity index (χ3n) is 4.53. The zero-order valence-corrected chi connectivity index (χ0v) is 14.3. The van der Waals surface area contributed by atoms with Crippen LogP contribution in [0.25, 0.3) is 22.3 Å². The van der Waals surface area contributed by atoms with Crippen molar-refractivity contribution in [3.8, 4) is 22.3 Å². The van der Waals surface area contributed by atoms with E-state index in [0.29, 0.717) is 6.10 Å². The molecule has 0 saturated carbocycles. The minimum Gasteiger partial charge on any atom is -0.377 e. The molecule has 4 rings (SSSR count). The summed E-state index contributed by atoms with van der Waals surface area (Å²) in [5, 5.41) is 10.6. The topological polar surface area (TPSA) is 20.2 Å². The molecule has 1 N–H and O–H groups in total. The molecule has 0 bridgehead atoms. The molecule has 125 valence electrons. The lowest BCUT2D eigenvalue weighted by Gasteiger charge is -2.12. The lowest BCUT2D eigenvalue weighted by molar-refractivity contribution is 0.356. The summed E-state index contributed by atoms with van der Waals surface area (Å²) < 4.78 is 0. The monoisotopic (exact) mass is 335 g/mol. The number of rotatable bonds is 4. The lowest BCUT2D eigenvalue weighted by atomic mass is 9.96. The van der Waals surface area contributed by atoms with Gasteiger partial charge in [-0.1, -0.05) is 109 Å². The second-order valence-electron chi connectivity index (χ2n) is 6.24. The smallest absolute Gasteiger partial charge is 0.152 e. The first-order valence-corrected chi connectivity index (χ1v) is 8.69. The van der Waals surface area contributed by atoms with Crippen LogP contribution >= 0.6 is 0 Å². The van der Waals surface area contributed by atoms with Crippen molar-refractivity contribution >= 4 is 0 Å². The fraction of sp³-hybridized carbons (Fsp3) is 0. The van der Waals surface area contributed by atoms with Gasteiger partial charge in [0, 0.05) is 0 Å². The van der Waals surface area contributed by atoms with Crippen LogP contribution in [0.3, 0.4) is 0 Å². The molecule has 1 radical (unpaired) electrons. The van der Waals surface area contributed by atoms with E-state index in [2.05, 4.69) is 24.3 Å². The lowest BCUT2D eigenvalue weighted by Crippen LogP contribution is -2.00. The Bertz CT molecular complexity index is 873. The van der Waals surface area contributed by atoms with Crippen LogP contribution in [0.2, 0.25) is 0 Å². The van der Waals surface area contributed by atoms with E-state index in [9.17, 15) is 5.11 Å². The Kier molecular flexibility index (Phi) is 4.63. The highest BCUT2D eigenvalue weighted by atomic mass is 16.3. The Morgan fingerprint density at radius 3 is 1.04 bits per heavy atom. The number of hydrogen-bond acceptors (Lipinski definition) is 1.